The van der Waals surface area contributed by atoms with Crippen LogP contribution >= 0.6 is 11.8 Å². The van der Waals surface area contributed by atoms with Gasteiger partial charge in [-0.05, 0) is 68.5 Å². The summed E-state index contributed by atoms with van der Waals surface area (Å²) in [6, 6.07) is 7.52. The molecule has 0 aliphatic carbocycles. The second-order valence-electron chi connectivity index (χ2n) is 7.33. The second kappa shape index (κ2) is 6.90. The van der Waals surface area contributed by atoms with Crippen molar-refractivity contribution in [1.29, 1.82) is 0 Å². The number of fused-ring (bicyclic) bond motifs is 2. The van der Waals surface area contributed by atoms with Crippen molar-refractivity contribution in [2.45, 2.75) is 50.8 Å². The van der Waals surface area contributed by atoms with Crippen molar-refractivity contribution in [1.82, 2.24) is 9.88 Å². The SMILES string of the molecule is Cc1cccc2c(CSC[C@@H]3CCCN4CCCC[C@H]34)c[nH]c12. The zero-order valence-corrected chi connectivity index (χ0v) is 15.0. The second-order valence-corrected chi connectivity index (χ2v) is 8.36. The van der Waals surface area contributed by atoms with Gasteiger partial charge in [-0.3, -0.25) is 0 Å². The quantitative estimate of drug-likeness (QED) is 0.854. The average molecular weight is 329 g/mol. The van der Waals surface area contributed by atoms with E-state index in [1.165, 1.54) is 73.0 Å². The molecule has 1 aromatic carbocycles. The molecule has 1 N–H and O–H groups in total. The van der Waals surface area contributed by atoms with Crippen molar-refractivity contribution in [3.05, 3.63) is 35.5 Å². The number of para-hydroxylation sites is 1. The highest BCUT2D eigenvalue weighted by Crippen LogP contribution is 2.34. The van der Waals surface area contributed by atoms with Gasteiger partial charge >= 0.3 is 0 Å². The number of piperidine rings is 2. The molecule has 23 heavy (non-hydrogen) atoms. The van der Waals surface area contributed by atoms with Crippen LogP contribution in [0.5, 0.6) is 0 Å². The van der Waals surface area contributed by atoms with Crippen LogP contribution in [-0.4, -0.2) is 34.8 Å². The lowest BCUT2D eigenvalue weighted by Gasteiger charge is -2.44. The van der Waals surface area contributed by atoms with Crippen LogP contribution < -0.4 is 0 Å². The number of rotatable bonds is 4. The number of hydrogen-bond acceptors (Lipinski definition) is 2. The minimum atomic E-state index is 0.884. The highest BCUT2D eigenvalue weighted by molar-refractivity contribution is 7.98. The number of hydrogen-bond donors (Lipinski definition) is 1. The summed E-state index contributed by atoms with van der Waals surface area (Å²) in [4.78, 5) is 6.25. The maximum Gasteiger partial charge on any atom is 0.0486 e. The molecule has 0 bridgehead atoms. The lowest BCUT2D eigenvalue weighted by atomic mass is 9.85. The fourth-order valence-corrected chi connectivity index (χ4v) is 5.84. The van der Waals surface area contributed by atoms with Crippen LogP contribution in [0.3, 0.4) is 0 Å². The smallest absolute Gasteiger partial charge is 0.0486 e. The van der Waals surface area contributed by atoms with Gasteiger partial charge in [-0.15, -0.1) is 0 Å². The predicted octanol–water partition coefficient (Wildman–Crippen LogP) is 4.97. The van der Waals surface area contributed by atoms with Crippen molar-refractivity contribution in [2.24, 2.45) is 5.92 Å². The minimum absolute atomic E-state index is 0.884. The summed E-state index contributed by atoms with van der Waals surface area (Å²) in [7, 11) is 0. The number of nitrogens with zero attached hydrogens (tertiary/aromatic N) is 1. The molecule has 2 aromatic rings. The van der Waals surface area contributed by atoms with Gasteiger partial charge in [0.2, 0.25) is 0 Å². The van der Waals surface area contributed by atoms with Crippen LogP contribution in [0.1, 0.15) is 43.2 Å². The molecule has 2 saturated heterocycles. The topological polar surface area (TPSA) is 19.0 Å². The molecule has 2 aliphatic heterocycles. The van der Waals surface area contributed by atoms with E-state index >= 15 is 0 Å². The Morgan fingerprint density at radius 1 is 1.17 bits per heavy atom. The van der Waals surface area contributed by atoms with Crippen molar-refractivity contribution < 1.29 is 0 Å². The molecule has 2 aliphatic rings. The van der Waals surface area contributed by atoms with Crippen molar-refractivity contribution in [3.8, 4) is 0 Å². The Hall–Kier alpha value is -0.930. The Morgan fingerprint density at radius 3 is 3.04 bits per heavy atom. The largest absolute Gasteiger partial charge is 0.361 e. The standard InChI is InChI=1S/C20H28N2S/c1-15-6-4-8-18-17(12-21-20(15)18)14-23-13-16-7-5-11-22-10-3-2-9-19(16)22/h4,6,8,12,16,19,21H,2-3,5,7,9-11,13-14H2,1H3/t16-,19+/m0/s1. The zero-order chi connectivity index (χ0) is 15.6. The molecule has 3 heteroatoms. The molecule has 0 saturated carbocycles. The van der Waals surface area contributed by atoms with Crippen LogP contribution in [0, 0.1) is 12.8 Å². The van der Waals surface area contributed by atoms with Crippen LogP contribution in [0.2, 0.25) is 0 Å². The van der Waals surface area contributed by atoms with E-state index in [2.05, 4.69) is 53.0 Å². The maximum absolute atomic E-state index is 3.47. The number of benzene rings is 1. The Morgan fingerprint density at radius 2 is 2.09 bits per heavy atom. The van der Waals surface area contributed by atoms with E-state index in [0.29, 0.717) is 0 Å². The Labute approximate surface area is 144 Å². The van der Waals surface area contributed by atoms with Gasteiger partial charge < -0.3 is 9.88 Å². The van der Waals surface area contributed by atoms with Crippen LogP contribution in [0.15, 0.2) is 24.4 Å². The number of nitrogens with one attached hydrogen (secondary N) is 1. The molecular weight excluding hydrogens is 300 g/mol. The summed E-state index contributed by atoms with van der Waals surface area (Å²) >= 11 is 2.15. The number of H-pyrrole nitrogens is 1. The summed E-state index contributed by atoms with van der Waals surface area (Å²) in [6.45, 7) is 4.90. The number of aromatic nitrogens is 1. The molecule has 4 rings (SSSR count). The zero-order valence-electron chi connectivity index (χ0n) is 14.2. The first-order valence-corrected chi connectivity index (χ1v) is 10.4. The Bertz CT molecular complexity index is 661. The van der Waals surface area contributed by atoms with Gasteiger partial charge in [0.15, 0.2) is 0 Å². The van der Waals surface area contributed by atoms with Gasteiger partial charge in [-0.25, -0.2) is 0 Å². The molecule has 2 nitrogen and oxygen atoms in total. The maximum atomic E-state index is 3.47. The van der Waals surface area contributed by atoms with E-state index in [-0.39, 0.29) is 0 Å². The summed E-state index contributed by atoms with van der Waals surface area (Å²) in [5.41, 5.74) is 4.15. The van der Waals surface area contributed by atoms with E-state index in [0.717, 1.165) is 17.7 Å². The Balaban J connectivity index is 1.38. The highest BCUT2D eigenvalue weighted by Gasteiger charge is 2.32. The number of thioether (sulfide) groups is 1. The van der Waals surface area contributed by atoms with Crippen molar-refractivity contribution in [2.75, 3.05) is 18.8 Å². The minimum Gasteiger partial charge on any atom is -0.361 e. The van der Waals surface area contributed by atoms with Gasteiger partial charge in [0.25, 0.3) is 0 Å². The van der Waals surface area contributed by atoms with Crippen LogP contribution in [-0.2, 0) is 5.75 Å². The van der Waals surface area contributed by atoms with Gasteiger partial charge in [0, 0.05) is 28.9 Å². The number of aromatic amines is 1. The van der Waals surface area contributed by atoms with Crippen LogP contribution in [0.25, 0.3) is 10.9 Å². The van der Waals surface area contributed by atoms with E-state index < -0.39 is 0 Å². The van der Waals surface area contributed by atoms with E-state index in [9.17, 15) is 0 Å². The van der Waals surface area contributed by atoms with E-state index in [4.69, 9.17) is 0 Å². The number of aryl methyl sites for hydroxylation is 1. The van der Waals surface area contributed by atoms with Gasteiger partial charge in [0.05, 0.1) is 0 Å². The summed E-state index contributed by atoms with van der Waals surface area (Å²) in [5.74, 6) is 3.40. The van der Waals surface area contributed by atoms with Gasteiger partial charge in [-0.2, -0.15) is 11.8 Å². The molecule has 1 aromatic heterocycles. The third-order valence-electron chi connectivity index (χ3n) is 5.83. The molecule has 0 radical (unpaired) electrons. The molecule has 124 valence electrons. The van der Waals surface area contributed by atoms with E-state index in [1.54, 1.807) is 0 Å². The fourth-order valence-electron chi connectivity index (χ4n) is 4.58. The molecule has 0 amide bonds. The monoisotopic (exact) mass is 328 g/mol. The molecule has 0 spiro atoms. The molecule has 0 unspecified atom stereocenters. The van der Waals surface area contributed by atoms with Crippen molar-refractivity contribution >= 4 is 22.7 Å². The average Bonchev–Trinajstić information content (AvgIpc) is 3.00. The predicted molar refractivity (Wildman–Crippen MR) is 101 cm³/mol. The third-order valence-corrected chi connectivity index (χ3v) is 7.01. The van der Waals surface area contributed by atoms with E-state index in [1.807, 2.05) is 0 Å². The highest BCUT2D eigenvalue weighted by atomic mass is 32.2. The summed E-state index contributed by atoms with van der Waals surface area (Å²) in [5, 5.41) is 1.42. The summed E-state index contributed by atoms with van der Waals surface area (Å²) < 4.78 is 0. The lowest BCUT2D eigenvalue weighted by molar-refractivity contribution is 0.0693. The molecule has 3 heterocycles. The normalized spacial score (nSPS) is 25.6. The lowest BCUT2D eigenvalue weighted by Crippen LogP contribution is -2.48. The van der Waals surface area contributed by atoms with Crippen molar-refractivity contribution in [3.63, 3.8) is 0 Å². The summed E-state index contributed by atoms with van der Waals surface area (Å²) in [6.07, 6.45) is 9.39. The first kappa shape index (κ1) is 15.6. The molecule has 2 fully saturated rings. The molecule has 2 atom stereocenters. The van der Waals surface area contributed by atoms with Gasteiger partial charge in [0.1, 0.15) is 0 Å². The Kier molecular flexibility index (Phi) is 4.68. The first-order valence-electron chi connectivity index (χ1n) is 9.20. The fraction of sp³-hybridized carbons (Fsp3) is 0.600. The third kappa shape index (κ3) is 3.18. The van der Waals surface area contributed by atoms with Crippen LogP contribution in [0.4, 0.5) is 0 Å². The van der Waals surface area contributed by atoms with Gasteiger partial charge in [-0.1, -0.05) is 24.6 Å². The molecular formula is C20H28N2S. The first-order chi connectivity index (χ1) is 11.3.